The highest BCUT2D eigenvalue weighted by atomic mass is 14.9. The van der Waals surface area contributed by atoms with Crippen molar-refractivity contribution in [3.63, 3.8) is 0 Å². The van der Waals surface area contributed by atoms with E-state index in [0.29, 0.717) is 0 Å². The highest BCUT2D eigenvalue weighted by Crippen LogP contribution is 2.20. The van der Waals surface area contributed by atoms with E-state index < -0.39 is 0 Å². The van der Waals surface area contributed by atoms with Crippen LogP contribution < -0.4 is 5.32 Å². The van der Waals surface area contributed by atoms with Crippen molar-refractivity contribution in [3.05, 3.63) is 34.9 Å². The molecular weight excluding hydrogens is 160 g/mol. The van der Waals surface area contributed by atoms with Gasteiger partial charge in [0, 0.05) is 0 Å². The molecule has 13 heavy (non-hydrogen) atoms. The first kappa shape index (κ1) is 9.76. The van der Waals surface area contributed by atoms with Crippen molar-refractivity contribution in [2.45, 2.75) is 19.9 Å². The van der Waals surface area contributed by atoms with E-state index in [-0.39, 0.29) is 6.04 Å². The van der Waals surface area contributed by atoms with Crippen LogP contribution in [0.15, 0.2) is 18.2 Å². The summed E-state index contributed by atoms with van der Waals surface area (Å²) in [5.74, 6) is 0. The second-order valence-corrected chi connectivity index (χ2v) is 3.16. The predicted octanol–water partition coefficient (Wildman–Crippen LogP) is 2.09. The average molecular weight is 174 g/mol. The van der Waals surface area contributed by atoms with Gasteiger partial charge in [-0.25, -0.2) is 0 Å². The van der Waals surface area contributed by atoms with E-state index in [2.05, 4.69) is 11.4 Å². The monoisotopic (exact) mass is 174 g/mol. The summed E-state index contributed by atoms with van der Waals surface area (Å²) in [6.07, 6.45) is 0. The maximum atomic E-state index is 8.92. The summed E-state index contributed by atoms with van der Waals surface area (Å²) < 4.78 is 0. The third-order valence-electron chi connectivity index (χ3n) is 2.25. The minimum absolute atomic E-state index is 0.193. The first-order valence-electron chi connectivity index (χ1n) is 4.33. The van der Waals surface area contributed by atoms with E-state index in [1.54, 1.807) is 7.05 Å². The van der Waals surface area contributed by atoms with Crippen molar-refractivity contribution in [2.24, 2.45) is 0 Å². The number of aryl methyl sites for hydroxylation is 2. The molecule has 0 aliphatic rings. The molecule has 0 heterocycles. The molecule has 0 bridgehead atoms. The Labute approximate surface area is 79.2 Å². The second-order valence-electron chi connectivity index (χ2n) is 3.16. The highest BCUT2D eigenvalue weighted by molar-refractivity contribution is 5.38. The van der Waals surface area contributed by atoms with E-state index in [0.717, 1.165) is 5.56 Å². The molecule has 1 atom stereocenters. The van der Waals surface area contributed by atoms with Crippen molar-refractivity contribution < 1.29 is 0 Å². The van der Waals surface area contributed by atoms with Crippen molar-refractivity contribution in [3.8, 4) is 6.07 Å². The standard InChI is InChI=1S/C11H14N2/c1-8-5-4-6-9(2)11(8)10(7-12)13-3/h4-6,10,13H,1-3H3. The number of rotatable bonds is 2. The lowest BCUT2D eigenvalue weighted by atomic mass is 9.97. The Bertz CT molecular complexity index is 316. The Balaban J connectivity index is 3.20. The van der Waals surface area contributed by atoms with Gasteiger partial charge in [0.2, 0.25) is 0 Å². The van der Waals surface area contributed by atoms with Crippen LogP contribution in [-0.4, -0.2) is 7.05 Å². The lowest BCUT2D eigenvalue weighted by Crippen LogP contribution is -2.16. The van der Waals surface area contributed by atoms with Gasteiger partial charge >= 0.3 is 0 Å². The minimum atomic E-state index is -0.193. The van der Waals surface area contributed by atoms with Crippen molar-refractivity contribution >= 4 is 0 Å². The van der Waals surface area contributed by atoms with Crippen LogP contribution in [0.4, 0.5) is 0 Å². The number of nitriles is 1. The van der Waals surface area contributed by atoms with Crippen LogP contribution in [-0.2, 0) is 0 Å². The maximum absolute atomic E-state index is 8.92. The molecule has 0 amide bonds. The third kappa shape index (κ3) is 1.88. The molecule has 0 aliphatic carbocycles. The number of nitrogens with zero attached hydrogens (tertiary/aromatic N) is 1. The quantitative estimate of drug-likeness (QED) is 0.745. The Hall–Kier alpha value is -1.33. The Kier molecular flexibility index (Phi) is 3.05. The van der Waals surface area contributed by atoms with Gasteiger partial charge in [0.15, 0.2) is 0 Å². The number of benzene rings is 1. The molecule has 1 N–H and O–H groups in total. The van der Waals surface area contributed by atoms with Crippen LogP contribution in [0.25, 0.3) is 0 Å². The number of hydrogen-bond donors (Lipinski definition) is 1. The summed E-state index contributed by atoms with van der Waals surface area (Å²) in [5.41, 5.74) is 3.44. The molecule has 0 spiro atoms. The molecule has 0 aliphatic heterocycles. The fourth-order valence-electron chi connectivity index (χ4n) is 1.56. The number of hydrogen-bond acceptors (Lipinski definition) is 2. The molecule has 0 fully saturated rings. The van der Waals surface area contributed by atoms with Gasteiger partial charge in [-0.15, -0.1) is 0 Å². The van der Waals surface area contributed by atoms with Gasteiger partial charge in [-0.3, -0.25) is 0 Å². The van der Waals surface area contributed by atoms with Crippen molar-refractivity contribution in [2.75, 3.05) is 7.05 Å². The van der Waals surface area contributed by atoms with E-state index in [1.807, 2.05) is 32.0 Å². The van der Waals surface area contributed by atoms with E-state index in [4.69, 9.17) is 5.26 Å². The van der Waals surface area contributed by atoms with Gasteiger partial charge < -0.3 is 5.32 Å². The van der Waals surface area contributed by atoms with Gasteiger partial charge in [0.1, 0.15) is 6.04 Å². The average Bonchev–Trinajstić information content (AvgIpc) is 2.11. The molecule has 68 valence electrons. The van der Waals surface area contributed by atoms with Crippen LogP contribution in [0, 0.1) is 25.2 Å². The van der Waals surface area contributed by atoms with Crippen LogP contribution in [0.2, 0.25) is 0 Å². The molecule has 1 rings (SSSR count). The summed E-state index contributed by atoms with van der Waals surface area (Å²) in [6.45, 7) is 4.06. The van der Waals surface area contributed by atoms with Crippen LogP contribution in [0.3, 0.4) is 0 Å². The molecule has 1 unspecified atom stereocenters. The normalized spacial score (nSPS) is 12.2. The van der Waals surface area contributed by atoms with Crippen LogP contribution >= 0.6 is 0 Å². The maximum Gasteiger partial charge on any atom is 0.121 e. The van der Waals surface area contributed by atoms with Gasteiger partial charge in [0.25, 0.3) is 0 Å². The SMILES string of the molecule is CNC(C#N)c1c(C)cccc1C. The zero-order valence-corrected chi connectivity index (χ0v) is 8.26. The van der Waals surface area contributed by atoms with Gasteiger partial charge in [-0.05, 0) is 37.6 Å². The minimum Gasteiger partial charge on any atom is -0.301 e. The molecule has 1 aromatic rings. The summed E-state index contributed by atoms with van der Waals surface area (Å²) >= 11 is 0. The largest absolute Gasteiger partial charge is 0.301 e. The topological polar surface area (TPSA) is 35.8 Å². The first-order valence-corrected chi connectivity index (χ1v) is 4.33. The highest BCUT2D eigenvalue weighted by Gasteiger charge is 2.12. The lowest BCUT2D eigenvalue weighted by Gasteiger charge is -2.13. The van der Waals surface area contributed by atoms with Crippen molar-refractivity contribution in [1.82, 2.24) is 5.32 Å². The van der Waals surface area contributed by atoms with Gasteiger partial charge in [0.05, 0.1) is 6.07 Å². The Morgan fingerprint density at radius 1 is 1.31 bits per heavy atom. The van der Waals surface area contributed by atoms with Gasteiger partial charge in [-0.2, -0.15) is 5.26 Å². The molecular formula is C11H14N2. The second kappa shape index (κ2) is 4.06. The lowest BCUT2D eigenvalue weighted by molar-refractivity contribution is 0.717. The smallest absolute Gasteiger partial charge is 0.121 e. The Morgan fingerprint density at radius 2 is 1.85 bits per heavy atom. The number of nitrogens with one attached hydrogen (secondary N) is 1. The summed E-state index contributed by atoms with van der Waals surface area (Å²) in [4.78, 5) is 0. The first-order chi connectivity index (χ1) is 6.20. The van der Waals surface area contributed by atoms with E-state index in [9.17, 15) is 0 Å². The summed E-state index contributed by atoms with van der Waals surface area (Å²) in [7, 11) is 1.81. The molecule has 0 radical (unpaired) electrons. The molecule has 1 aromatic carbocycles. The molecule has 0 saturated heterocycles. The zero-order chi connectivity index (χ0) is 9.84. The molecule has 0 aromatic heterocycles. The molecule has 2 nitrogen and oxygen atoms in total. The van der Waals surface area contributed by atoms with Crippen molar-refractivity contribution in [1.29, 1.82) is 5.26 Å². The summed E-state index contributed by atoms with van der Waals surface area (Å²) in [5, 5.41) is 11.9. The van der Waals surface area contributed by atoms with E-state index >= 15 is 0 Å². The fraction of sp³-hybridized carbons (Fsp3) is 0.364. The van der Waals surface area contributed by atoms with E-state index in [1.165, 1.54) is 11.1 Å². The van der Waals surface area contributed by atoms with Crippen LogP contribution in [0.5, 0.6) is 0 Å². The van der Waals surface area contributed by atoms with Gasteiger partial charge in [-0.1, -0.05) is 18.2 Å². The summed E-state index contributed by atoms with van der Waals surface area (Å²) in [6, 6.07) is 8.12. The van der Waals surface area contributed by atoms with Crippen LogP contribution in [0.1, 0.15) is 22.7 Å². The Morgan fingerprint density at radius 3 is 2.23 bits per heavy atom. The predicted molar refractivity (Wildman–Crippen MR) is 53.3 cm³/mol. The third-order valence-corrected chi connectivity index (χ3v) is 2.25. The zero-order valence-electron chi connectivity index (χ0n) is 8.26. The molecule has 0 saturated carbocycles. The molecule has 2 heteroatoms. The fourth-order valence-corrected chi connectivity index (χ4v) is 1.56.